The van der Waals surface area contributed by atoms with Crippen LogP contribution in [-0.4, -0.2) is 62.6 Å². The van der Waals surface area contributed by atoms with Crippen molar-refractivity contribution in [3.63, 3.8) is 0 Å². The van der Waals surface area contributed by atoms with Crippen LogP contribution in [0.2, 0.25) is 0 Å². The summed E-state index contributed by atoms with van der Waals surface area (Å²) in [7, 11) is 0. The summed E-state index contributed by atoms with van der Waals surface area (Å²) in [5, 5.41) is 18.1. The predicted octanol–water partition coefficient (Wildman–Crippen LogP) is 1.69. The van der Waals surface area contributed by atoms with Crippen LogP contribution < -0.4 is 5.32 Å². The van der Waals surface area contributed by atoms with Gasteiger partial charge >= 0.3 is 6.03 Å². The van der Waals surface area contributed by atoms with Gasteiger partial charge in [-0.2, -0.15) is 5.10 Å². The van der Waals surface area contributed by atoms with Gasteiger partial charge in [0.25, 0.3) is 5.91 Å². The van der Waals surface area contributed by atoms with E-state index in [-0.39, 0.29) is 37.5 Å². The summed E-state index contributed by atoms with van der Waals surface area (Å²) in [6.45, 7) is 4.43. The average Bonchev–Trinajstić information content (AvgIpc) is 3.03. The SMILES string of the molecule is CCN1O[C@@H](CO)Cn2nc3c(c2C1=O)CN(C(=O)Nc1ccc(F)c(C)c1)CC3. The first-order valence-corrected chi connectivity index (χ1v) is 9.91. The van der Waals surface area contributed by atoms with E-state index >= 15 is 0 Å². The molecular weight excluding hydrogens is 393 g/mol. The first-order chi connectivity index (χ1) is 14.4. The van der Waals surface area contributed by atoms with Crippen LogP contribution in [0.15, 0.2) is 18.2 Å². The second kappa shape index (κ2) is 8.04. The van der Waals surface area contributed by atoms with Crippen LogP contribution in [0.5, 0.6) is 0 Å². The molecule has 0 aliphatic carbocycles. The van der Waals surface area contributed by atoms with Crippen molar-refractivity contribution in [3.05, 3.63) is 46.5 Å². The topological polar surface area (TPSA) is 99.9 Å². The molecule has 0 unspecified atom stereocenters. The van der Waals surface area contributed by atoms with Gasteiger partial charge in [-0.05, 0) is 37.6 Å². The molecule has 1 atom stereocenters. The molecule has 0 spiro atoms. The van der Waals surface area contributed by atoms with Crippen molar-refractivity contribution < 1.29 is 23.9 Å². The minimum absolute atomic E-state index is 0.226. The van der Waals surface area contributed by atoms with Crippen molar-refractivity contribution in [2.75, 3.05) is 25.0 Å². The lowest BCUT2D eigenvalue weighted by atomic mass is 10.0. The summed E-state index contributed by atoms with van der Waals surface area (Å²) < 4.78 is 15.0. The fourth-order valence-electron chi connectivity index (χ4n) is 3.78. The number of nitrogens with zero attached hydrogens (tertiary/aromatic N) is 4. The van der Waals surface area contributed by atoms with Gasteiger partial charge in [0.2, 0.25) is 0 Å². The van der Waals surface area contributed by atoms with Crippen molar-refractivity contribution in [1.82, 2.24) is 19.7 Å². The lowest BCUT2D eigenvalue weighted by Gasteiger charge is -2.27. The molecule has 2 aromatic rings. The zero-order valence-electron chi connectivity index (χ0n) is 16.9. The number of carbonyl (C=O) groups excluding carboxylic acids is 2. The third kappa shape index (κ3) is 3.63. The maximum Gasteiger partial charge on any atom is 0.322 e. The van der Waals surface area contributed by atoms with Crippen molar-refractivity contribution in [1.29, 1.82) is 0 Å². The van der Waals surface area contributed by atoms with Crippen LogP contribution in [0, 0.1) is 12.7 Å². The standard InChI is InChI=1S/C20H24FN5O4/c1-3-26-19(28)18-15-10-24(20(29)22-13-4-5-16(21)12(2)8-13)7-6-17(15)23-25(18)9-14(11-27)30-26/h4-5,8,14,27H,3,6-7,9-11H2,1-2H3,(H,22,29)/t14-/m1/s1. The smallest absolute Gasteiger partial charge is 0.322 e. The summed E-state index contributed by atoms with van der Waals surface area (Å²) >= 11 is 0. The molecule has 4 rings (SSSR count). The Morgan fingerprint density at radius 2 is 2.23 bits per heavy atom. The first-order valence-electron chi connectivity index (χ1n) is 9.91. The highest BCUT2D eigenvalue weighted by Gasteiger charge is 2.36. The number of urea groups is 1. The monoisotopic (exact) mass is 417 g/mol. The van der Waals surface area contributed by atoms with E-state index in [9.17, 15) is 19.1 Å². The highest BCUT2D eigenvalue weighted by atomic mass is 19.1. The second-order valence-electron chi connectivity index (χ2n) is 7.43. The fraction of sp³-hybridized carbons (Fsp3) is 0.450. The van der Waals surface area contributed by atoms with E-state index in [0.29, 0.717) is 42.0 Å². The van der Waals surface area contributed by atoms with Crippen LogP contribution in [0.4, 0.5) is 14.9 Å². The third-order valence-electron chi connectivity index (χ3n) is 5.37. The number of aliphatic hydroxyl groups is 1. The van der Waals surface area contributed by atoms with Crippen molar-refractivity contribution in [3.8, 4) is 0 Å². The average molecular weight is 417 g/mol. The molecule has 0 fully saturated rings. The van der Waals surface area contributed by atoms with Gasteiger partial charge in [-0.1, -0.05) is 0 Å². The third-order valence-corrected chi connectivity index (χ3v) is 5.37. The van der Waals surface area contributed by atoms with Crippen LogP contribution in [0.1, 0.15) is 34.2 Å². The number of benzene rings is 1. The number of hydrogen-bond acceptors (Lipinski definition) is 5. The van der Waals surface area contributed by atoms with Gasteiger partial charge in [-0.25, -0.2) is 14.2 Å². The van der Waals surface area contributed by atoms with Crippen molar-refractivity contribution in [2.45, 2.75) is 39.5 Å². The molecule has 0 radical (unpaired) electrons. The Labute approximate surface area is 173 Å². The maximum atomic E-state index is 13.5. The highest BCUT2D eigenvalue weighted by molar-refractivity contribution is 5.94. The van der Waals surface area contributed by atoms with E-state index in [0.717, 1.165) is 5.69 Å². The molecule has 0 saturated carbocycles. The minimum atomic E-state index is -0.572. The molecule has 0 bridgehead atoms. The number of aliphatic hydroxyl groups excluding tert-OH is 1. The summed E-state index contributed by atoms with van der Waals surface area (Å²) in [6.07, 6.45) is -0.0625. The van der Waals surface area contributed by atoms with E-state index in [1.165, 1.54) is 17.2 Å². The van der Waals surface area contributed by atoms with E-state index in [4.69, 9.17) is 4.84 Å². The number of nitrogens with one attached hydrogen (secondary N) is 1. The number of halogens is 1. The molecular formula is C20H24FN5O4. The number of aryl methyl sites for hydroxylation is 1. The second-order valence-corrected chi connectivity index (χ2v) is 7.43. The van der Waals surface area contributed by atoms with Crippen LogP contribution in [0.3, 0.4) is 0 Å². The number of anilines is 1. The summed E-state index contributed by atoms with van der Waals surface area (Å²) in [5.74, 6) is -0.667. The van der Waals surface area contributed by atoms with Gasteiger partial charge in [0.1, 0.15) is 17.6 Å². The fourth-order valence-corrected chi connectivity index (χ4v) is 3.78. The van der Waals surface area contributed by atoms with Crippen LogP contribution >= 0.6 is 0 Å². The number of hydrogen-bond donors (Lipinski definition) is 2. The molecule has 2 N–H and O–H groups in total. The van der Waals surface area contributed by atoms with Crippen molar-refractivity contribution in [2.24, 2.45) is 0 Å². The normalized spacial score (nSPS) is 18.7. The highest BCUT2D eigenvalue weighted by Crippen LogP contribution is 2.27. The molecule has 3 amide bonds. The van der Waals surface area contributed by atoms with Gasteiger partial charge in [-0.3, -0.25) is 14.3 Å². The lowest BCUT2D eigenvalue weighted by Crippen LogP contribution is -2.40. The quantitative estimate of drug-likeness (QED) is 0.792. The summed E-state index contributed by atoms with van der Waals surface area (Å²) in [4.78, 5) is 33.0. The maximum absolute atomic E-state index is 13.5. The van der Waals surface area contributed by atoms with Crippen LogP contribution in [0.25, 0.3) is 0 Å². The lowest BCUT2D eigenvalue weighted by molar-refractivity contribution is -0.171. The molecule has 9 nitrogen and oxygen atoms in total. The Bertz CT molecular complexity index is 992. The van der Waals surface area contributed by atoms with E-state index < -0.39 is 6.10 Å². The molecule has 30 heavy (non-hydrogen) atoms. The number of fused-ring (bicyclic) bond motifs is 3. The first kappa shape index (κ1) is 20.3. The van der Waals surface area contributed by atoms with Crippen LogP contribution in [-0.2, 0) is 24.3 Å². The zero-order valence-corrected chi connectivity index (χ0v) is 16.9. The molecule has 2 aliphatic rings. The Hall–Kier alpha value is -2.98. The van der Waals surface area contributed by atoms with Gasteiger partial charge < -0.3 is 15.3 Å². The number of aromatic nitrogens is 2. The largest absolute Gasteiger partial charge is 0.393 e. The molecule has 10 heteroatoms. The van der Waals surface area contributed by atoms with E-state index in [1.54, 1.807) is 29.5 Å². The van der Waals surface area contributed by atoms with E-state index in [1.807, 2.05) is 0 Å². The Morgan fingerprint density at radius 3 is 2.93 bits per heavy atom. The molecule has 0 saturated heterocycles. The number of hydroxylamine groups is 2. The van der Waals surface area contributed by atoms with E-state index in [2.05, 4.69) is 10.4 Å². The molecule has 1 aromatic carbocycles. The van der Waals surface area contributed by atoms with Gasteiger partial charge in [0, 0.05) is 30.8 Å². The molecule has 1 aromatic heterocycles. The summed E-state index contributed by atoms with van der Waals surface area (Å²) in [6, 6.07) is 4.07. The van der Waals surface area contributed by atoms with Gasteiger partial charge in [0.15, 0.2) is 0 Å². The molecule has 160 valence electrons. The molecule has 3 heterocycles. The summed E-state index contributed by atoms with van der Waals surface area (Å²) in [5.41, 5.74) is 2.80. The Balaban J connectivity index is 1.58. The zero-order chi connectivity index (χ0) is 21.4. The van der Waals surface area contributed by atoms with Gasteiger partial charge in [0.05, 0.1) is 25.4 Å². The number of carbonyl (C=O) groups is 2. The number of amides is 3. The number of rotatable bonds is 3. The van der Waals surface area contributed by atoms with Gasteiger partial charge in [-0.15, -0.1) is 0 Å². The Morgan fingerprint density at radius 1 is 1.43 bits per heavy atom. The van der Waals surface area contributed by atoms with Crippen molar-refractivity contribution >= 4 is 17.6 Å². The minimum Gasteiger partial charge on any atom is -0.393 e. The Kier molecular flexibility index (Phi) is 5.44. The molecule has 2 aliphatic heterocycles. The predicted molar refractivity (Wildman–Crippen MR) is 105 cm³/mol.